The van der Waals surface area contributed by atoms with E-state index in [1.54, 1.807) is 12.3 Å². The number of anilines is 1. The topological polar surface area (TPSA) is 74.2 Å². The zero-order chi connectivity index (χ0) is 16.7. The fourth-order valence-electron chi connectivity index (χ4n) is 3.06. The zero-order valence-corrected chi connectivity index (χ0v) is 13.4. The molecule has 2 aliphatic rings. The van der Waals surface area contributed by atoms with Gasteiger partial charge in [-0.1, -0.05) is 23.6 Å². The Balaban J connectivity index is 1.90. The van der Waals surface area contributed by atoms with Gasteiger partial charge in [0.05, 0.1) is 5.69 Å². The van der Waals surface area contributed by atoms with Gasteiger partial charge in [-0.3, -0.25) is 0 Å². The van der Waals surface area contributed by atoms with Crippen molar-refractivity contribution < 1.29 is 9.90 Å². The molecule has 1 aliphatic heterocycles. The number of carbonyl (C=O) groups is 1. The van der Waals surface area contributed by atoms with Crippen molar-refractivity contribution in [3.63, 3.8) is 0 Å². The maximum Gasteiger partial charge on any atom is 0.320 e. The van der Waals surface area contributed by atoms with E-state index in [0.717, 1.165) is 12.8 Å². The summed E-state index contributed by atoms with van der Waals surface area (Å²) in [6.45, 7) is 0. The van der Waals surface area contributed by atoms with Crippen LogP contribution in [0.25, 0.3) is 0 Å². The van der Waals surface area contributed by atoms with Gasteiger partial charge in [0.25, 0.3) is 0 Å². The molecule has 1 fully saturated rings. The van der Waals surface area contributed by atoms with Crippen LogP contribution in [0.3, 0.4) is 0 Å². The van der Waals surface area contributed by atoms with Crippen LogP contribution in [0.1, 0.15) is 24.1 Å². The number of phenols is 1. The number of hydrogen-bond acceptors (Lipinski definition) is 3. The average molecular weight is 340 g/mol. The van der Waals surface area contributed by atoms with Crippen LogP contribution < -0.4 is 10.6 Å². The second kappa shape index (κ2) is 5.43. The van der Waals surface area contributed by atoms with Gasteiger partial charge in [-0.05, 0) is 42.9 Å². The van der Waals surface area contributed by atoms with Gasteiger partial charge in [0.2, 0.25) is 0 Å². The summed E-state index contributed by atoms with van der Waals surface area (Å²) >= 11 is 6.13. The number of fused-ring (bicyclic) bond motifs is 1. The summed E-state index contributed by atoms with van der Waals surface area (Å²) in [7, 11) is 0. The fraction of sp³-hybridized carbons (Fsp3) is 0.222. The number of halogens is 1. The molecule has 1 saturated carbocycles. The van der Waals surface area contributed by atoms with Crippen LogP contribution >= 0.6 is 11.6 Å². The van der Waals surface area contributed by atoms with Crippen molar-refractivity contribution in [1.29, 1.82) is 0 Å². The van der Waals surface area contributed by atoms with Crippen LogP contribution in [0.2, 0.25) is 5.02 Å². The maximum atomic E-state index is 12.2. The number of pyridine rings is 1. The van der Waals surface area contributed by atoms with Crippen molar-refractivity contribution in [2.24, 2.45) is 5.92 Å². The van der Waals surface area contributed by atoms with Crippen LogP contribution in [0.15, 0.2) is 36.5 Å². The molecule has 1 aliphatic carbocycles. The highest BCUT2D eigenvalue weighted by atomic mass is 35.5. The number of phenolic OH excluding ortho intramolecular Hbond substituents is 1. The highest BCUT2D eigenvalue weighted by Gasteiger charge is 2.50. The van der Waals surface area contributed by atoms with E-state index in [4.69, 9.17) is 11.6 Å². The van der Waals surface area contributed by atoms with Crippen LogP contribution in [-0.2, 0) is 5.54 Å². The molecule has 0 spiro atoms. The summed E-state index contributed by atoms with van der Waals surface area (Å²) in [6, 6.07) is 8.26. The van der Waals surface area contributed by atoms with Gasteiger partial charge in [0.1, 0.15) is 17.0 Å². The number of nitrogens with zero attached hydrogens (tertiary/aromatic N) is 1. The van der Waals surface area contributed by atoms with Gasteiger partial charge >= 0.3 is 6.03 Å². The molecule has 24 heavy (non-hydrogen) atoms. The smallest absolute Gasteiger partial charge is 0.320 e. The molecule has 0 bridgehead atoms. The van der Waals surface area contributed by atoms with Gasteiger partial charge in [0.15, 0.2) is 0 Å². The first-order valence-electron chi connectivity index (χ1n) is 7.65. The first-order valence-corrected chi connectivity index (χ1v) is 8.03. The Morgan fingerprint density at radius 3 is 2.88 bits per heavy atom. The van der Waals surface area contributed by atoms with Crippen LogP contribution in [0.4, 0.5) is 10.5 Å². The molecule has 0 saturated heterocycles. The number of aromatic nitrogens is 1. The minimum Gasteiger partial charge on any atom is -0.506 e. The number of hydrogen-bond donors (Lipinski definition) is 3. The van der Waals surface area contributed by atoms with Crippen LogP contribution in [-0.4, -0.2) is 16.1 Å². The summed E-state index contributed by atoms with van der Waals surface area (Å²) in [6.07, 6.45) is 3.57. The Hall–Kier alpha value is -2.71. The Morgan fingerprint density at radius 2 is 2.17 bits per heavy atom. The molecule has 2 aromatic rings. The SMILES string of the molecule is O=C1Nc2c(O)cc(Cl)cc2[C@@](C#Cc2ccccn2)(C2CC2)N1. The van der Waals surface area contributed by atoms with Crippen LogP contribution in [0.5, 0.6) is 5.75 Å². The number of benzene rings is 1. The van der Waals surface area contributed by atoms with Crippen molar-refractivity contribution >= 4 is 23.3 Å². The molecular weight excluding hydrogens is 326 g/mol. The van der Waals surface area contributed by atoms with Crippen molar-refractivity contribution in [3.8, 4) is 17.6 Å². The molecule has 0 radical (unpaired) electrons. The molecule has 3 N–H and O–H groups in total. The highest BCUT2D eigenvalue weighted by molar-refractivity contribution is 6.31. The maximum absolute atomic E-state index is 12.2. The first-order chi connectivity index (χ1) is 11.6. The molecule has 6 heteroatoms. The Kier molecular flexibility index (Phi) is 3.36. The van der Waals surface area contributed by atoms with E-state index in [2.05, 4.69) is 27.5 Å². The molecule has 1 atom stereocenters. The highest BCUT2D eigenvalue weighted by Crippen LogP contribution is 2.51. The number of rotatable bonds is 1. The zero-order valence-electron chi connectivity index (χ0n) is 12.6. The number of nitrogens with one attached hydrogen (secondary N) is 2. The summed E-state index contributed by atoms with van der Waals surface area (Å²) in [5, 5.41) is 16.2. The van der Waals surface area contributed by atoms with E-state index in [0.29, 0.717) is 22.0 Å². The molecule has 120 valence electrons. The Labute approximate surface area is 144 Å². The predicted octanol–water partition coefficient (Wildman–Crippen LogP) is 3.23. The lowest BCUT2D eigenvalue weighted by Crippen LogP contribution is -2.52. The minimum absolute atomic E-state index is 0.0583. The van der Waals surface area contributed by atoms with Gasteiger partial charge < -0.3 is 15.7 Å². The largest absolute Gasteiger partial charge is 0.506 e. The number of carbonyl (C=O) groups excluding carboxylic acids is 1. The van der Waals surface area contributed by atoms with E-state index in [1.165, 1.54) is 6.07 Å². The van der Waals surface area contributed by atoms with Crippen molar-refractivity contribution in [3.05, 3.63) is 52.8 Å². The predicted molar refractivity (Wildman–Crippen MR) is 90.8 cm³/mol. The average Bonchev–Trinajstić information content (AvgIpc) is 3.40. The van der Waals surface area contributed by atoms with Gasteiger partial charge in [0, 0.05) is 22.8 Å². The lowest BCUT2D eigenvalue weighted by atomic mass is 9.82. The van der Waals surface area contributed by atoms with E-state index >= 15 is 0 Å². The molecular formula is C18H14ClN3O2. The van der Waals surface area contributed by atoms with Gasteiger partial charge in [-0.2, -0.15) is 0 Å². The van der Waals surface area contributed by atoms with Crippen molar-refractivity contribution in [2.75, 3.05) is 5.32 Å². The normalized spacial score (nSPS) is 21.8. The molecule has 5 nitrogen and oxygen atoms in total. The number of urea groups is 1. The van der Waals surface area contributed by atoms with E-state index in [1.807, 2.05) is 18.2 Å². The van der Waals surface area contributed by atoms with Gasteiger partial charge in [-0.15, -0.1) is 0 Å². The monoisotopic (exact) mass is 339 g/mol. The molecule has 4 rings (SSSR count). The lowest BCUT2D eigenvalue weighted by Gasteiger charge is -2.36. The standard InChI is InChI=1S/C18H14ClN3O2/c19-12-9-14-16(15(23)10-12)21-17(24)22-18(14,11-4-5-11)7-6-13-3-1-2-8-20-13/h1-3,8-11,23H,4-5H2,(H2,21,22,24)/t18-/m1/s1. The van der Waals surface area contributed by atoms with Gasteiger partial charge in [-0.25, -0.2) is 9.78 Å². The van der Waals surface area contributed by atoms with E-state index in [-0.39, 0.29) is 17.7 Å². The third-order valence-corrected chi connectivity index (χ3v) is 4.52. The van der Waals surface area contributed by atoms with Crippen molar-refractivity contribution in [2.45, 2.75) is 18.4 Å². The summed E-state index contributed by atoms with van der Waals surface area (Å²) in [5.74, 6) is 6.37. The second-order valence-corrected chi connectivity index (χ2v) is 6.41. The molecule has 2 heterocycles. The quantitative estimate of drug-likeness (QED) is 0.551. The summed E-state index contributed by atoms with van der Waals surface area (Å²) in [4.78, 5) is 16.4. The summed E-state index contributed by atoms with van der Waals surface area (Å²) < 4.78 is 0. The minimum atomic E-state index is -0.877. The molecule has 1 aromatic carbocycles. The third kappa shape index (κ3) is 2.45. The van der Waals surface area contributed by atoms with Crippen molar-refractivity contribution in [1.82, 2.24) is 10.3 Å². The third-order valence-electron chi connectivity index (χ3n) is 4.30. The van der Waals surface area contributed by atoms with E-state index in [9.17, 15) is 9.90 Å². The van der Waals surface area contributed by atoms with E-state index < -0.39 is 5.54 Å². The van der Waals surface area contributed by atoms with Crippen LogP contribution in [0, 0.1) is 17.8 Å². The number of amides is 2. The fourth-order valence-corrected chi connectivity index (χ4v) is 3.28. The second-order valence-electron chi connectivity index (χ2n) is 5.97. The molecule has 0 unspecified atom stereocenters. The Morgan fingerprint density at radius 1 is 1.33 bits per heavy atom. The Bertz CT molecular complexity index is 884. The first kappa shape index (κ1) is 14.9. The lowest BCUT2D eigenvalue weighted by molar-refractivity contribution is 0.238. The number of aromatic hydroxyl groups is 1. The summed E-state index contributed by atoms with van der Waals surface area (Å²) in [5.41, 5.74) is 0.805. The molecule has 1 aromatic heterocycles. The molecule has 2 amide bonds.